The molecule has 0 fully saturated rings. The molecule has 0 amide bonds. The second-order valence-corrected chi connectivity index (χ2v) is 4.82. The Morgan fingerprint density at radius 2 is 2.00 bits per heavy atom. The molecule has 4 heteroatoms. The summed E-state index contributed by atoms with van der Waals surface area (Å²) >= 11 is 0. The lowest BCUT2D eigenvalue weighted by molar-refractivity contribution is 0.668. The number of nitrogens with zero attached hydrogens (tertiary/aromatic N) is 3. The molecule has 3 rings (SSSR count). The van der Waals surface area contributed by atoms with E-state index < -0.39 is 0 Å². The highest BCUT2D eigenvalue weighted by Crippen LogP contribution is 2.28. The Hall–Kier alpha value is -2.41. The standard InChI is InChI=1S/C15H14N4/c16-7-11-5-10-3-1-2-4-14(10)19-15(11)12-6-13(17)9-18-8-12/h5-6,8-9H,1-4,17H2. The fourth-order valence-corrected chi connectivity index (χ4v) is 2.53. The minimum absolute atomic E-state index is 0.584. The molecular formula is C15H14N4. The molecule has 2 aromatic rings. The van der Waals surface area contributed by atoms with Crippen LogP contribution in [0.5, 0.6) is 0 Å². The van der Waals surface area contributed by atoms with Crippen LogP contribution in [-0.2, 0) is 12.8 Å². The summed E-state index contributed by atoms with van der Waals surface area (Å²) < 4.78 is 0. The number of rotatable bonds is 1. The molecule has 0 saturated heterocycles. The Balaban J connectivity index is 2.17. The third-order valence-electron chi connectivity index (χ3n) is 3.45. The smallest absolute Gasteiger partial charge is 0.101 e. The van der Waals surface area contributed by atoms with Crippen molar-refractivity contribution in [3.05, 3.63) is 41.3 Å². The van der Waals surface area contributed by atoms with E-state index in [0.717, 1.165) is 24.1 Å². The van der Waals surface area contributed by atoms with Gasteiger partial charge in [0.15, 0.2) is 0 Å². The van der Waals surface area contributed by atoms with Crippen LogP contribution in [0.4, 0.5) is 5.69 Å². The molecule has 0 bridgehead atoms. The van der Waals surface area contributed by atoms with Gasteiger partial charge in [-0.15, -0.1) is 0 Å². The first-order valence-corrected chi connectivity index (χ1v) is 6.42. The molecule has 4 nitrogen and oxygen atoms in total. The lowest BCUT2D eigenvalue weighted by Crippen LogP contribution is -2.07. The number of pyridine rings is 2. The Bertz CT molecular complexity index is 670. The zero-order valence-corrected chi connectivity index (χ0v) is 10.6. The average Bonchev–Trinajstić information content (AvgIpc) is 2.46. The van der Waals surface area contributed by atoms with Gasteiger partial charge >= 0.3 is 0 Å². The average molecular weight is 250 g/mol. The van der Waals surface area contributed by atoms with Gasteiger partial charge in [-0.05, 0) is 43.4 Å². The number of aromatic nitrogens is 2. The number of nitriles is 1. The molecular weight excluding hydrogens is 236 g/mol. The van der Waals surface area contributed by atoms with Gasteiger partial charge in [0.25, 0.3) is 0 Å². The zero-order chi connectivity index (χ0) is 13.2. The van der Waals surface area contributed by atoms with Crippen molar-refractivity contribution in [3.8, 4) is 17.3 Å². The summed E-state index contributed by atoms with van der Waals surface area (Å²) in [7, 11) is 0. The minimum Gasteiger partial charge on any atom is -0.397 e. The van der Waals surface area contributed by atoms with Gasteiger partial charge in [-0.1, -0.05) is 0 Å². The van der Waals surface area contributed by atoms with E-state index in [-0.39, 0.29) is 0 Å². The second kappa shape index (κ2) is 4.69. The van der Waals surface area contributed by atoms with Crippen molar-refractivity contribution in [1.82, 2.24) is 9.97 Å². The molecule has 2 heterocycles. The number of anilines is 1. The van der Waals surface area contributed by atoms with Crippen molar-refractivity contribution in [1.29, 1.82) is 5.26 Å². The van der Waals surface area contributed by atoms with E-state index >= 15 is 0 Å². The predicted octanol–water partition coefficient (Wildman–Crippen LogP) is 2.48. The summed E-state index contributed by atoms with van der Waals surface area (Å²) in [5.74, 6) is 0. The highest BCUT2D eigenvalue weighted by molar-refractivity contribution is 5.69. The highest BCUT2D eigenvalue weighted by Gasteiger charge is 2.16. The number of nitrogen functional groups attached to an aromatic ring is 1. The van der Waals surface area contributed by atoms with Crippen LogP contribution in [0.15, 0.2) is 24.5 Å². The molecule has 0 aliphatic heterocycles. The summed E-state index contributed by atoms with van der Waals surface area (Å²) in [6.07, 6.45) is 7.65. The first-order valence-electron chi connectivity index (χ1n) is 6.42. The van der Waals surface area contributed by atoms with Crippen LogP contribution in [-0.4, -0.2) is 9.97 Å². The third-order valence-corrected chi connectivity index (χ3v) is 3.45. The number of nitrogens with two attached hydrogens (primary N) is 1. The number of fused-ring (bicyclic) bond motifs is 1. The van der Waals surface area contributed by atoms with E-state index in [2.05, 4.69) is 16.0 Å². The van der Waals surface area contributed by atoms with Gasteiger partial charge in [-0.3, -0.25) is 9.97 Å². The molecule has 19 heavy (non-hydrogen) atoms. The summed E-state index contributed by atoms with van der Waals surface area (Å²) in [6, 6.07) is 6.02. The summed E-state index contributed by atoms with van der Waals surface area (Å²) in [5, 5.41) is 9.31. The summed E-state index contributed by atoms with van der Waals surface area (Å²) in [4.78, 5) is 8.75. The monoisotopic (exact) mass is 250 g/mol. The van der Waals surface area contributed by atoms with Gasteiger partial charge in [-0.2, -0.15) is 5.26 Å². The predicted molar refractivity (Wildman–Crippen MR) is 73.2 cm³/mol. The lowest BCUT2D eigenvalue weighted by Gasteiger charge is -2.16. The molecule has 0 saturated carbocycles. The van der Waals surface area contributed by atoms with Crippen LogP contribution in [0.3, 0.4) is 0 Å². The largest absolute Gasteiger partial charge is 0.397 e. The van der Waals surface area contributed by atoms with Crippen molar-refractivity contribution < 1.29 is 0 Å². The van der Waals surface area contributed by atoms with Crippen LogP contribution in [0.1, 0.15) is 29.7 Å². The van der Waals surface area contributed by atoms with E-state index in [9.17, 15) is 5.26 Å². The fraction of sp³-hybridized carbons (Fsp3) is 0.267. The maximum Gasteiger partial charge on any atom is 0.101 e. The Morgan fingerprint density at radius 3 is 2.79 bits per heavy atom. The summed E-state index contributed by atoms with van der Waals surface area (Å²) in [5.41, 5.74) is 10.8. The Kier molecular flexibility index (Phi) is 2.88. The molecule has 0 atom stereocenters. The number of hydrogen-bond acceptors (Lipinski definition) is 4. The van der Waals surface area contributed by atoms with Gasteiger partial charge in [-0.25, -0.2) is 0 Å². The topological polar surface area (TPSA) is 75.6 Å². The zero-order valence-electron chi connectivity index (χ0n) is 10.6. The first-order chi connectivity index (χ1) is 9.28. The molecule has 0 aromatic carbocycles. The summed E-state index contributed by atoms with van der Waals surface area (Å²) in [6.45, 7) is 0. The van der Waals surface area contributed by atoms with Crippen LogP contribution < -0.4 is 5.73 Å². The second-order valence-electron chi connectivity index (χ2n) is 4.82. The van der Waals surface area contributed by atoms with Crippen molar-refractivity contribution in [3.63, 3.8) is 0 Å². The van der Waals surface area contributed by atoms with Crippen molar-refractivity contribution in [2.75, 3.05) is 5.73 Å². The van der Waals surface area contributed by atoms with E-state index in [0.29, 0.717) is 16.9 Å². The van der Waals surface area contributed by atoms with E-state index in [4.69, 9.17) is 5.73 Å². The van der Waals surface area contributed by atoms with Gasteiger partial charge in [0.1, 0.15) is 6.07 Å². The van der Waals surface area contributed by atoms with Crippen LogP contribution in [0.2, 0.25) is 0 Å². The SMILES string of the molecule is N#Cc1cc2c(nc1-c1cncc(N)c1)CCCC2. The van der Waals surface area contributed by atoms with Gasteiger partial charge < -0.3 is 5.73 Å². The maximum absolute atomic E-state index is 9.31. The van der Waals surface area contributed by atoms with E-state index in [1.807, 2.05) is 12.1 Å². The molecule has 0 spiro atoms. The Labute approximate surface area is 111 Å². The molecule has 94 valence electrons. The molecule has 1 aliphatic carbocycles. The van der Waals surface area contributed by atoms with Gasteiger partial charge in [0, 0.05) is 23.7 Å². The maximum atomic E-state index is 9.31. The molecule has 0 radical (unpaired) electrons. The van der Waals surface area contributed by atoms with Gasteiger partial charge in [0.05, 0.1) is 16.9 Å². The molecule has 2 N–H and O–H groups in total. The first kappa shape index (κ1) is 11.7. The quantitative estimate of drug-likeness (QED) is 0.843. The Morgan fingerprint density at radius 1 is 1.16 bits per heavy atom. The van der Waals surface area contributed by atoms with Crippen molar-refractivity contribution in [2.45, 2.75) is 25.7 Å². The number of hydrogen-bond donors (Lipinski definition) is 1. The third kappa shape index (κ3) is 2.15. The van der Waals surface area contributed by atoms with Gasteiger partial charge in [0.2, 0.25) is 0 Å². The molecule has 0 unspecified atom stereocenters. The van der Waals surface area contributed by atoms with Crippen LogP contribution in [0.25, 0.3) is 11.3 Å². The van der Waals surface area contributed by atoms with E-state index in [1.54, 1.807) is 12.4 Å². The minimum atomic E-state index is 0.584. The molecule has 2 aromatic heterocycles. The highest BCUT2D eigenvalue weighted by atomic mass is 14.7. The normalized spacial score (nSPS) is 13.6. The fourth-order valence-electron chi connectivity index (χ4n) is 2.53. The molecule has 1 aliphatic rings. The van der Waals surface area contributed by atoms with Crippen LogP contribution >= 0.6 is 0 Å². The lowest BCUT2D eigenvalue weighted by atomic mass is 9.93. The van der Waals surface area contributed by atoms with Crippen molar-refractivity contribution >= 4 is 5.69 Å². The van der Waals surface area contributed by atoms with Crippen molar-refractivity contribution in [2.24, 2.45) is 0 Å². The van der Waals surface area contributed by atoms with Crippen LogP contribution in [0, 0.1) is 11.3 Å². The number of aryl methyl sites for hydroxylation is 2. The van der Waals surface area contributed by atoms with E-state index in [1.165, 1.54) is 18.4 Å².